The smallest absolute Gasteiger partial charge is 0.410 e. The maximum Gasteiger partial charge on any atom is 0.410 e. The third kappa shape index (κ3) is 4.60. The highest BCUT2D eigenvalue weighted by atomic mass is 32.2. The van der Waals surface area contributed by atoms with Crippen molar-refractivity contribution in [2.24, 2.45) is 0 Å². The van der Waals surface area contributed by atoms with E-state index in [1.54, 1.807) is 17.0 Å². The summed E-state index contributed by atoms with van der Waals surface area (Å²) in [6.45, 7) is 7.70. The molecule has 2 aromatic carbocycles. The predicted molar refractivity (Wildman–Crippen MR) is 120 cm³/mol. The molecule has 0 unspecified atom stereocenters. The van der Waals surface area contributed by atoms with E-state index < -0.39 is 21.3 Å². The number of sulfone groups is 1. The van der Waals surface area contributed by atoms with E-state index in [1.165, 1.54) is 12.1 Å². The van der Waals surface area contributed by atoms with Gasteiger partial charge in [-0.05, 0) is 88.1 Å². The topological polar surface area (TPSA) is 66.9 Å². The van der Waals surface area contributed by atoms with Gasteiger partial charge in [0.1, 0.15) is 11.4 Å². The molecule has 8 heteroatoms. The minimum atomic E-state index is -3.69. The summed E-state index contributed by atoms with van der Waals surface area (Å²) in [5.74, 6) is -0.466. The maximum atomic E-state index is 13.2. The van der Waals surface area contributed by atoms with Gasteiger partial charge >= 0.3 is 6.09 Å². The van der Waals surface area contributed by atoms with Crippen molar-refractivity contribution in [3.8, 4) is 0 Å². The number of likely N-dealkylation sites (tertiary alicyclic amines) is 1. The molecule has 2 heterocycles. The number of fused-ring (bicyclic) bond motifs is 1. The summed E-state index contributed by atoms with van der Waals surface area (Å²) in [6, 6.07) is 10.5. The summed E-state index contributed by atoms with van der Waals surface area (Å²) in [5, 5.41) is 0. The minimum Gasteiger partial charge on any atom is -0.444 e. The van der Waals surface area contributed by atoms with Gasteiger partial charge in [-0.3, -0.25) is 0 Å². The zero-order valence-electron chi connectivity index (χ0n) is 18.7. The van der Waals surface area contributed by atoms with Crippen molar-refractivity contribution in [1.29, 1.82) is 0 Å². The Bertz CT molecular complexity index is 1100. The summed E-state index contributed by atoms with van der Waals surface area (Å²) in [7, 11) is -3.69. The van der Waals surface area contributed by atoms with Gasteiger partial charge in [0.15, 0.2) is 0 Å². The lowest BCUT2D eigenvalue weighted by Crippen LogP contribution is -2.47. The van der Waals surface area contributed by atoms with Crippen LogP contribution >= 0.6 is 0 Å². The molecule has 172 valence electrons. The second-order valence-corrected chi connectivity index (χ2v) is 11.3. The number of nitrogens with zero attached hydrogens (tertiary/aromatic N) is 2. The molecular formula is C24H29FN2O4S. The lowest BCUT2D eigenvalue weighted by atomic mass is 10.0. The van der Waals surface area contributed by atoms with Crippen LogP contribution in [0.5, 0.6) is 0 Å². The van der Waals surface area contributed by atoms with Crippen molar-refractivity contribution in [1.82, 2.24) is 4.90 Å². The molecule has 32 heavy (non-hydrogen) atoms. The van der Waals surface area contributed by atoms with E-state index in [9.17, 15) is 17.6 Å². The Morgan fingerprint density at radius 1 is 1.00 bits per heavy atom. The number of ether oxygens (including phenoxy) is 1. The van der Waals surface area contributed by atoms with E-state index in [-0.39, 0.29) is 15.9 Å². The van der Waals surface area contributed by atoms with Gasteiger partial charge in [-0.2, -0.15) is 0 Å². The summed E-state index contributed by atoms with van der Waals surface area (Å²) in [5.41, 5.74) is 1.55. The Morgan fingerprint density at radius 2 is 1.62 bits per heavy atom. The van der Waals surface area contributed by atoms with Crippen molar-refractivity contribution >= 4 is 21.6 Å². The van der Waals surface area contributed by atoms with E-state index in [1.807, 2.05) is 26.8 Å². The van der Waals surface area contributed by atoms with Gasteiger partial charge in [0.05, 0.1) is 9.79 Å². The number of benzene rings is 2. The highest BCUT2D eigenvalue weighted by Crippen LogP contribution is 2.35. The fraction of sp³-hybridized carbons (Fsp3) is 0.458. The number of carbonyl (C=O) groups excluding carboxylic acids is 1. The van der Waals surface area contributed by atoms with Crippen LogP contribution in [0.25, 0.3) is 0 Å². The molecule has 1 amide bonds. The molecule has 2 aliphatic heterocycles. The summed E-state index contributed by atoms with van der Waals surface area (Å²) >= 11 is 0. The number of hydrogen-bond donors (Lipinski definition) is 0. The third-order valence-electron chi connectivity index (χ3n) is 5.97. The molecule has 2 aliphatic rings. The molecule has 1 fully saturated rings. The normalized spacial score (nSPS) is 17.4. The predicted octanol–water partition coefficient (Wildman–Crippen LogP) is 4.42. The molecule has 0 aliphatic carbocycles. The van der Waals surface area contributed by atoms with Crippen molar-refractivity contribution in [2.75, 3.05) is 24.5 Å². The molecule has 0 bridgehead atoms. The summed E-state index contributed by atoms with van der Waals surface area (Å²) in [6.07, 6.45) is 2.19. The van der Waals surface area contributed by atoms with E-state index in [2.05, 4.69) is 4.90 Å². The molecule has 1 saturated heterocycles. The molecule has 0 radical (unpaired) electrons. The Balaban J connectivity index is 1.46. The van der Waals surface area contributed by atoms with Crippen molar-refractivity contribution < 1.29 is 22.3 Å². The van der Waals surface area contributed by atoms with Gasteiger partial charge in [0.25, 0.3) is 0 Å². The first-order valence-electron chi connectivity index (χ1n) is 10.9. The second kappa shape index (κ2) is 8.39. The molecule has 0 saturated carbocycles. The molecule has 0 N–H and O–H groups in total. The van der Waals surface area contributed by atoms with Crippen LogP contribution in [0.2, 0.25) is 0 Å². The van der Waals surface area contributed by atoms with Gasteiger partial charge in [0, 0.05) is 31.4 Å². The molecule has 4 rings (SSSR count). The van der Waals surface area contributed by atoms with Crippen LogP contribution in [0.1, 0.15) is 39.2 Å². The van der Waals surface area contributed by atoms with Crippen LogP contribution in [-0.2, 0) is 21.0 Å². The Morgan fingerprint density at radius 3 is 2.25 bits per heavy atom. The van der Waals surface area contributed by atoms with E-state index in [0.717, 1.165) is 49.2 Å². The van der Waals surface area contributed by atoms with Crippen molar-refractivity contribution in [3.05, 3.63) is 53.8 Å². The molecule has 0 spiro atoms. The second-order valence-electron chi connectivity index (χ2n) is 9.39. The van der Waals surface area contributed by atoms with E-state index in [4.69, 9.17) is 4.74 Å². The van der Waals surface area contributed by atoms with Gasteiger partial charge in [0.2, 0.25) is 9.84 Å². The summed E-state index contributed by atoms with van der Waals surface area (Å²) in [4.78, 5) is 16.7. The van der Waals surface area contributed by atoms with Crippen LogP contribution < -0.4 is 4.90 Å². The number of carbonyl (C=O) groups is 1. The number of rotatable bonds is 3. The standard InChI is InChI=1S/C24H29FN2O4S/c1-24(2,3)31-23(28)26-13-11-19(12-14-26)27-15-10-17-16-21(8-9-22(17)27)32(29,30)20-6-4-18(25)5-7-20/h4-9,16,19H,10-15H2,1-3H3. The first kappa shape index (κ1) is 22.6. The van der Waals surface area contributed by atoms with Gasteiger partial charge in [-0.15, -0.1) is 0 Å². The average molecular weight is 461 g/mol. The maximum absolute atomic E-state index is 13.2. The van der Waals surface area contributed by atoms with Crippen molar-refractivity contribution in [2.45, 2.75) is 61.5 Å². The van der Waals surface area contributed by atoms with Crippen LogP contribution in [0.15, 0.2) is 52.3 Å². The number of amides is 1. The number of anilines is 1. The largest absolute Gasteiger partial charge is 0.444 e. The molecule has 2 aromatic rings. The van der Waals surface area contributed by atoms with Crippen LogP contribution in [0.4, 0.5) is 14.9 Å². The van der Waals surface area contributed by atoms with E-state index in [0.29, 0.717) is 19.1 Å². The first-order valence-corrected chi connectivity index (χ1v) is 12.4. The fourth-order valence-electron chi connectivity index (χ4n) is 4.39. The zero-order valence-corrected chi connectivity index (χ0v) is 19.5. The molecule has 6 nitrogen and oxygen atoms in total. The minimum absolute atomic E-state index is 0.0863. The number of hydrogen-bond acceptors (Lipinski definition) is 5. The average Bonchev–Trinajstić information content (AvgIpc) is 3.16. The molecule has 0 aromatic heterocycles. The lowest BCUT2D eigenvalue weighted by Gasteiger charge is -2.38. The molecular weight excluding hydrogens is 431 g/mol. The van der Waals surface area contributed by atoms with Gasteiger partial charge in [-0.1, -0.05) is 0 Å². The van der Waals surface area contributed by atoms with Crippen LogP contribution in [-0.4, -0.2) is 50.7 Å². The lowest BCUT2D eigenvalue weighted by molar-refractivity contribution is 0.0205. The SMILES string of the molecule is CC(C)(C)OC(=O)N1CCC(N2CCc3cc(S(=O)(=O)c4ccc(F)cc4)ccc32)CC1. The third-order valence-corrected chi connectivity index (χ3v) is 7.74. The zero-order chi connectivity index (χ0) is 23.1. The summed E-state index contributed by atoms with van der Waals surface area (Å²) < 4.78 is 44.6. The van der Waals surface area contributed by atoms with E-state index >= 15 is 0 Å². The monoisotopic (exact) mass is 460 g/mol. The Hall–Kier alpha value is -2.61. The van der Waals surface area contributed by atoms with Gasteiger partial charge in [-0.25, -0.2) is 17.6 Å². The van der Waals surface area contributed by atoms with Crippen LogP contribution in [0, 0.1) is 5.82 Å². The quantitative estimate of drug-likeness (QED) is 0.635. The van der Waals surface area contributed by atoms with Gasteiger partial charge < -0.3 is 14.5 Å². The first-order chi connectivity index (χ1) is 15.0. The number of piperidine rings is 1. The highest BCUT2D eigenvalue weighted by molar-refractivity contribution is 7.91. The van der Waals surface area contributed by atoms with Crippen LogP contribution in [0.3, 0.4) is 0 Å². The van der Waals surface area contributed by atoms with Crippen molar-refractivity contribution in [3.63, 3.8) is 0 Å². The Kier molecular flexibility index (Phi) is 5.92. The fourth-order valence-corrected chi connectivity index (χ4v) is 5.70. The molecule has 0 atom stereocenters. The highest BCUT2D eigenvalue weighted by Gasteiger charge is 2.33. The Labute approximate surface area is 188 Å². The number of halogens is 1.